The summed E-state index contributed by atoms with van der Waals surface area (Å²) in [4.78, 5) is 29.7. The Morgan fingerprint density at radius 1 is 1.12 bits per heavy atom. The molecule has 0 saturated carbocycles. The molecule has 264 valence electrons. The van der Waals surface area contributed by atoms with Gasteiger partial charge in [-0.2, -0.15) is 20.2 Å². The second kappa shape index (κ2) is 14.2. The summed E-state index contributed by atoms with van der Waals surface area (Å²) in [5, 5.41) is 13.5. The lowest BCUT2D eigenvalue weighted by Crippen LogP contribution is -2.50. The van der Waals surface area contributed by atoms with Crippen molar-refractivity contribution in [3.63, 3.8) is 0 Å². The van der Waals surface area contributed by atoms with Crippen LogP contribution in [0.5, 0.6) is 11.8 Å². The highest BCUT2D eigenvalue weighted by molar-refractivity contribution is 5.68. The number of rotatable bonds is 9. The highest BCUT2D eigenvalue weighted by Gasteiger charge is 2.38. The Labute approximate surface area is 283 Å². The summed E-state index contributed by atoms with van der Waals surface area (Å²) in [5.41, 5.74) is -2.25. The number of hydrogen-bond donors (Lipinski definition) is 0. The Hall–Kier alpha value is -4.45. The average molecular weight is 686 g/mol. The minimum atomic E-state index is -1.33. The molecule has 3 aromatic rings. The fourth-order valence-electron chi connectivity index (χ4n) is 6.33. The van der Waals surface area contributed by atoms with Gasteiger partial charge >= 0.3 is 6.09 Å². The van der Waals surface area contributed by atoms with Gasteiger partial charge in [-0.25, -0.2) is 18.0 Å². The Kier molecular flexibility index (Phi) is 10.4. The predicted molar refractivity (Wildman–Crippen MR) is 170 cm³/mol. The molecule has 0 aliphatic carbocycles. The molecule has 4 heterocycles. The third-order valence-corrected chi connectivity index (χ3v) is 8.75. The van der Waals surface area contributed by atoms with Crippen LogP contribution in [-0.4, -0.2) is 92.2 Å². The molecule has 5 rings (SSSR count). The first-order chi connectivity index (χ1) is 23.0. The van der Waals surface area contributed by atoms with Crippen LogP contribution in [-0.2, 0) is 10.2 Å². The first-order valence-electron chi connectivity index (χ1n) is 16.3. The van der Waals surface area contributed by atoms with Gasteiger partial charge in [0.2, 0.25) is 17.6 Å². The van der Waals surface area contributed by atoms with Gasteiger partial charge in [0.25, 0.3) is 5.89 Å². The van der Waals surface area contributed by atoms with Gasteiger partial charge in [-0.05, 0) is 67.1 Å². The number of nitrogens with zero attached hydrogens (tertiary/aromatic N) is 7. The molecule has 2 fully saturated rings. The maximum atomic E-state index is 14.8. The molecular weight excluding hydrogens is 643 g/mol. The molecule has 2 aromatic heterocycles. The number of aromatic nitrogens is 4. The molecule has 2 aliphatic rings. The molecule has 1 aromatic carbocycles. The molecule has 49 heavy (non-hydrogen) atoms. The molecular formula is C34H42F3N7O5. The summed E-state index contributed by atoms with van der Waals surface area (Å²) >= 11 is 0. The quantitative estimate of drug-likeness (QED) is 0.262. The van der Waals surface area contributed by atoms with E-state index in [0.29, 0.717) is 19.3 Å². The SMILES string of the molecule is C[C@H](Oc1cc(O[C@H]2CCN(C(=O)OC(C)(C)C)[C@H](CC#N)C2)nc(-c2nc(C(C)(C)c3c(F)cccc3F)no2)n1)[C@@H]1C[C@H](F)CN1C. The third-order valence-electron chi connectivity index (χ3n) is 8.75. The van der Waals surface area contributed by atoms with Crippen LogP contribution in [0, 0.1) is 23.0 Å². The summed E-state index contributed by atoms with van der Waals surface area (Å²) in [6, 6.07) is 6.55. The van der Waals surface area contributed by atoms with Crippen LogP contribution in [0.3, 0.4) is 0 Å². The molecule has 2 aliphatic heterocycles. The number of amides is 1. The second-order valence-corrected chi connectivity index (χ2v) is 14.1. The number of carbonyl (C=O) groups is 1. The fraction of sp³-hybridized carbons (Fsp3) is 0.588. The zero-order valence-corrected chi connectivity index (χ0v) is 28.7. The lowest BCUT2D eigenvalue weighted by atomic mass is 9.83. The monoisotopic (exact) mass is 685 g/mol. The summed E-state index contributed by atoms with van der Waals surface area (Å²) in [7, 11) is 1.82. The summed E-state index contributed by atoms with van der Waals surface area (Å²) in [6.07, 6.45) is -1.27. The first kappa shape index (κ1) is 35.8. The molecule has 15 heteroatoms. The Morgan fingerprint density at radius 2 is 1.82 bits per heavy atom. The zero-order valence-electron chi connectivity index (χ0n) is 28.7. The number of carbonyl (C=O) groups excluding carboxylic acids is 1. The normalized spacial score (nSPS) is 22.4. The van der Waals surface area contributed by atoms with Gasteiger partial charge in [-0.15, -0.1) is 0 Å². The van der Waals surface area contributed by atoms with Crippen molar-refractivity contribution in [1.29, 1.82) is 5.26 Å². The average Bonchev–Trinajstić information content (AvgIpc) is 3.63. The van der Waals surface area contributed by atoms with E-state index in [2.05, 4.69) is 26.2 Å². The smallest absolute Gasteiger partial charge is 0.410 e. The lowest BCUT2D eigenvalue weighted by molar-refractivity contribution is -0.00382. The zero-order chi connectivity index (χ0) is 35.7. The van der Waals surface area contributed by atoms with Crippen molar-refractivity contribution in [2.75, 3.05) is 20.1 Å². The van der Waals surface area contributed by atoms with Gasteiger partial charge in [-0.3, -0.25) is 4.90 Å². The second-order valence-electron chi connectivity index (χ2n) is 14.1. The Bertz CT molecular complexity index is 1670. The van der Waals surface area contributed by atoms with Crippen molar-refractivity contribution < 1.29 is 36.7 Å². The van der Waals surface area contributed by atoms with Crippen LogP contribution in [0.25, 0.3) is 11.7 Å². The molecule has 1 amide bonds. The molecule has 5 atom stereocenters. The van der Waals surface area contributed by atoms with E-state index in [-0.39, 0.29) is 60.4 Å². The van der Waals surface area contributed by atoms with E-state index in [0.717, 1.165) is 12.1 Å². The van der Waals surface area contributed by atoms with E-state index in [4.69, 9.17) is 18.7 Å². The number of likely N-dealkylation sites (tertiary alicyclic amines) is 2. The van der Waals surface area contributed by atoms with Crippen LogP contribution in [0.4, 0.5) is 18.0 Å². The number of ether oxygens (including phenoxy) is 3. The number of piperidine rings is 1. The number of nitriles is 1. The molecule has 0 N–H and O–H groups in total. The Morgan fingerprint density at radius 3 is 2.45 bits per heavy atom. The van der Waals surface area contributed by atoms with E-state index in [1.165, 1.54) is 12.1 Å². The standard InChI is InChI=1S/C34H42F3N7O5/c1-19(25-15-20(35)18-43(25)7)46-26-17-27(47-22-12-14-44(21(16-22)11-13-38)32(45)48-33(2,3)4)40-29(39-26)30-41-31(42-49-30)34(5,6)28-23(36)9-8-10-24(28)37/h8-10,17,19-22,25H,11-12,14-16,18H2,1-7H3/t19-,20-,21+,22-,25-/m0/s1. The predicted octanol–water partition coefficient (Wildman–Crippen LogP) is 6.00. The van der Waals surface area contributed by atoms with E-state index in [1.807, 2.05) is 18.9 Å². The fourth-order valence-corrected chi connectivity index (χ4v) is 6.33. The first-order valence-corrected chi connectivity index (χ1v) is 16.3. The van der Waals surface area contributed by atoms with E-state index in [9.17, 15) is 23.2 Å². The molecule has 12 nitrogen and oxygen atoms in total. The van der Waals surface area contributed by atoms with Crippen LogP contribution < -0.4 is 9.47 Å². The van der Waals surface area contributed by atoms with Crippen molar-refractivity contribution in [3.8, 4) is 29.5 Å². The lowest BCUT2D eigenvalue weighted by Gasteiger charge is -2.38. The van der Waals surface area contributed by atoms with Crippen molar-refractivity contribution >= 4 is 6.09 Å². The largest absolute Gasteiger partial charge is 0.474 e. The molecule has 0 spiro atoms. The minimum absolute atomic E-state index is 0.00677. The van der Waals surface area contributed by atoms with E-state index < -0.39 is 53.2 Å². The number of hydrogen-bond acceptors (Lipinski definition) is 11. The van der Waals surface area contributed by atoms with Gasteiger partial charge < -0.3 is 23.6 Å². The van der Waals surface area contributed by atoms with Crippen LogP contribution in [0.2, 0.25) is 0 Å². The number of alkyl halides is 1. The van der Waals surface area contributed by atoms with E-state index in [1.54, 1.807) is 39.5 Å². The molecule has 0 unspecified atom stereocenters. The topological polar surface area (TPSA) is 140 Å². The molecule has 0 bridgehead atoms. The van der Waals surface area contributed by atoms with Crippen molar-refractivity contribution in [1.82, 2.24) is 29.9 Å². The van der Waals surface area contributed by atoms with Gasteiger partial charge in [-0.1, -0.05) is 11.2 Å². The molecule has 0 radical (unpaired) electrons. The number of halogens is 3. The van der Waals surface area contributed by atoms with Gasteiger partial charge in [0, 0.05) is 37.5 Å². The highest BCUT2D eigenvalue weighted by atomic mass is 19.1. The Balaban J connectivity index is 1.43. The van der Waals surface area contributed by atoms with Crippen molar-refractivity contribution in [3.05, 3.63) is 47.3 Å². The van der Waals surface area contributed by atoms with Crippen molar-refractivity contribution in [2.24, 2.45) is 0 Å². The highest BCUT2D eigenvalue weighted by Crippen LogP contribution is 2.35. The van der Waals surface area contributed by atoms with Crippen molar-refractivity contribution in [2.45, 2.75) is 109 Å². The van der Waals surface area contributed by atoms with Crippen LogP contribution in [0.1, 0.15) is 78.6 Å². The summed E-state index contributed by atoms with van der Waals surface area (Å²) < 4.78 is 67.2. The van der Waals surface area contributed by atoms with Gasteiger partial charge in [0.15, 0.2) is 5.82 Å². The third kappa shape index (κ3) is 8.24. The summed E-state index contributed by atoms with van der Waals surface area (Å²) in [6.45, 7) is 10.9. The van der Waals surface area contributed by atoms with Gasteiger partial charge in [0.05, 0.1) is 30.0 Å². The number of benzene rings is 1. The number of likely N-dealkylation sites (N-methyl/N-ethyl adjacent to an activating group) is 1. The van der Waals surface area contributed by atoms with E-state index >= 15 is 0 Å². The molecule has 2 saturated heterocycles. The summed E-state index contributed by atoms with van der Waals surface area (Å²) in [5.74, 6) is -1.53. The van der Waals surface area contributed by atoms with Crippen LogP contribution >= 0.6 is 0 Å². The van der Waals surface area contributed by atoms with Gasteiger partial charge in [0.1, 0.15) is 35.6 Å². The van der Waals surface area contributed by atoms with Crippen LogP contribution in [0.15, 0.2) is 28.8 Å². The minimum Gasteiger partial charge on any atom is -0.474 e. The maximum absolute atomic E-state index is 14.8. The maximum Gasteiger partial charge on any atom is 0.410 e.